The number of hydrogen-bond acceptors (Lipinski definition) is 3. The van der Waals surface area contributed by atoms with Gasteiger partial charge in [0.05, 0.1) is 11.6 Å². The molecule has 1 aliphatic carbocycles. The van der Waals surface area contributed by atoms with Gasteiger partial charge in [-0.15, -0.1) is 0 Å². The smallest absolute Gasteiger partial charge is 0.0991 e. The zero-order valence-corrected chi connectivity index (χ0v) is 17.1. The van der Waals surface area contributed by atoms with Gasteiger partial charge in [-0.05, 0) is 60.6 Å². The third-order valence-corrected chi connectivity index (χ3v) is 6.31. The highest BCUT2D eigenvalue weighted by atomic mass is 15.1. The Hall–Kier alpha value is -2.99. The van der Waals surface area contributed by atoms with Crippen LogP contribution in [0.2, 0.25) is 0 Å². The molecule has 0 bridgehead atoms. The van der Waals surface area contributed by atoms with E-state index in [1.165, 1.54) is 48.9 Å². The van der Waals surface area contributed by atoms with Crippen molar-refractivity contribution in [2.45, 2.75) is 38.5 Å². The van der Waals surface area contributed by atoms with Gasteiger partial charge in [-0.2, -0.15) is 5.26 Å². The number of benzene rings is 2. The highest BCUT2D eigenvalue weighted by Gasteiger charge is 2.23. The molecule has 3 nitrogen and oxygen atoms in total. The van der Waals surface area contributed by atoms with E-state index in [2.05, 4.69) is 47.6 Å². The lowest BCUT2D eigenvalue weighted by Crippen LogP contribution is -2.34. The van der Waals surface area contributed by atoms with E-state index in [1.807, 2.05) is 24.3 Å². The quantitative estimate of drug-likeness (QED) is 0.683. The largest absolute Gasteiger partial charge is 0.371 e. The number of hydrogen-bond donors (Lipinski definition) is 1. The Balaban J connectivity index is 1.43. The minimum atomic E-state index is 0.659. The predicted molar refractivity (Wildman–Crippen MR) is 121 cm³/mol. The fourth-order valence-electron chi connectivity index (χ4n) is 4.60. The van der Waals surface area contributed by atoms with E-state index < -0.39 is 0 Å². The second kappa shape index (κ2) is 8.57. The van der Waals surface area contributed by atoms with Crippen LogP contribution in [0.25, 0.3) is 11.4 Å². The number of nitrogens with zero attached hydrogens (tertiary/aromatic N) is 2. The van der Waals surface area contributed by atoms with Crippen molar-refractivity contribution in [3.63, 3.8) is 0 Å². The molecule has 0 spiro atoms. The van der Waals surface area contributed by atoms with Gasteiger partial charge < -0.3 is 10.2 Å². The summed E-state index contributed by atoms with van der Waals surface area (Å²) in [5, 5.41) is 12.4. The maximum atomic E-state index is 8.95. The van der Waals surface area contributed by atoms with E-state index in [-0.39, 0.29) is 0 Å². The van der Waals surface area contributed by atoms with Gasteiger partial charge in [0.2, 0.25) is 0 Å². The van der Waals surface area contributed by atoms with Crippen LogP contribution in [0.5, 0.6) is 0 Å². The van der Waals surface area contributed by atoms with E-state index in [0.717, 1.165) is 42.4 Å². The molecule has 2 aromatic carbocycles. The first-order valence-corrected chi connectivity index (χ1v) is 10.7. The van der Waals surface area contributed by atoms with Crippen molar-refractivity contribution in [2.75, 3.05) is 18.4 Å². The van der Waals surface area contributed by atoms with Crippen molar-refractivity contribution in [1.29, 1.82) is 5.26 Å². The molecule has 0 saturated heterocycles. The number of nitrogens with one attached hydrogen (secondary N) is 1. The summed E-state index contributed by atoms with van der Waals surface area (Å²) in [6, 6.07) is 16.2. The van der Waals surface area contributed by atoms with Crippen LogP contribution in [-0.4, -0.2) is 18.0 Å². The maximum Gasteiger partial charge on any atom is 0.0991 e. The lowest BCUT2D eigenvalue weighted by Gasteiger charge is -2.36. The molecule has 0 aromatic heterocycles. The lowest BCUT2D eigenvalue weighted by molar-refractivity contribution is 0.262. The van der Waals surface area contributed by atoms with Crippen molar-refractivity contribution >= 4 is 17.1 Å². The molecular weight excluding hydrogens is 354 g/mol. The predicted octanol–water partition coefficient (Wildman–Crippen LogP) is 6.05. The molecule has 3 heteroatoms. The first kappa shape index (κ1) is 19.3. The van der Waals surface area contributed by atoms with Gasteiger partial charge in [-0.3, -0.25) is 0 Å². The Morgan fingerprint density at radius 2 is 1.86 bits per heavy atom. The molecule has 4 rings (SSSR count). The van der Waals surface area contributed by atoms with E-state index in [1.54, 1.807) is 0 Å². The number of fused-ring (bicyclic) bond motifs is 1. The minimum Gasteiger partial charge on any atom is -0.371 e. The molecule has 148 valence electrons. The average molecular weight is 384 g/mol. The normalized spacial score (nSPS) is 16.8. The molecule has 2 aromatic rings. The Labute approximate surface area is 174 Å². The molecule has 0 atom stereocenters. The van der Waals surface area contributed by atoms with Gasteiger partial charge in [-0.25, -0.2) is 0 Å². The zero-order valence-electron chi connectivity index (χ0n) is 17.1. The van der Waals surface area contributed by atoms with Crippen molar-refractivity contribution in [3.05, 3.63) is 77.9 Å². The van der Waals surface area contributed by atoms with Crippen molar-refractivity contribution in [2.24, 2.45) is 5.92 Å². The van der Waals surface area contributed by atoms with Gasteiger partial charge >= 0.3 is 0 Å². The highest BCUT2D eigenvalue weighted by Crippen LogP contribution is 2.33. The third kappa shape index (κ3) is 4.38. The molecule has 29 heavy (non-hydrogen) atoms. The average Bonchev–Trinajstić information content (AvgIpc) is 2.76. The standard InChI is InChI=1S/C26H29N3/c1-19(23-10-8-21(17-27)9-11-23)28-25-12-13-26-20(2)29(15-14-24(26)16-25)18-22-6-4-3-5-7-22/h8-13,16,22,28H,1-7,14-15,18H2. The van der Waals surface area contributed by atoms with E-state index in [0.29, 0.717) is 5.56 Å². The van der Waals surface area contributed by atoms with Gasteiger partial charge in [0.1, 0.15) is 0 Å². The summed E-state index contributed by atoms with van der Waals surface area (Å²) in [4.78, 5) is 2.50. The molecule has 1 aliphatic heterocycles. The molecule has 1 saturated carbocycles. The van der Waals surface area contributed by atoms with Crippen molar-refractivity contribution < 1.29 is 0 Å². The summed E-state index contributed by atoms with van der Waals surface area (Å²) in [5.74, 6) is 0.832. The van der Waals surface area contributed by atoms with Gasteiger partial charge in [-0.1, -0.05) is 50.6 Å². The summed E-state index contributed by atoms with van der Waals surface area (Å²) in [6.07, 6.45) is 7.98. The van der Waals surface area contributed by atoms with Gasteiger partial charge in [0.25, 0.3) is 0 Å². The van der Waals surface area contributed by atoms with Crippen LogP contribution in [0.4, 0.5) is 5.69 Å². The number of rotatable bonds is 5. The van der Waals surface area contributed by atoms with Crippen LogP contribution in [-0.2, 0) is 6.42 Å². The Morgan fingerprint density at radius 1 is 1.10 bits per heavy atom. The topological polar surface area (TPSA) is 39.1 Å². The fourth-order valence-corrected chi connectivity index (χ4v) is 4.60. The first-order valence-electron chi connectivity index (χ1n) is 10.7. The van der Waals surface area contributed by atoms with Gasteiger partial charge in [0.15, 0.2) is 0 Å². The second-order valence-electron chi connectivity index (χ2n) is 8.31. The van der Waals surface area contributed by atoms with Crippen LogP contribution in [0.3, 0.4) is 0 Å². The molecule has 0 amide bonds. The fraction of sp³-hybridized carbons (Fsp3) is 0.346. The molecule has 1 fully saturated rings. The molecule has 1 N–H and O–H groups in total. The lowest BCUT2D eigenvalue weighted by atomic mass is 9.87. The molecule has 1 heterocycles. The van der Waals surface area contributed by atoms with Crippen molar-refractivity contribution in [1.82, 2.24) is 4.90 Å². The third-order valence-electron chi connectivity index (χ3n) is 6.31. The Kier molecular flexibility index (Phi) is 5.71. The van der Waals surface area contributed by atoms with Gasteiger partial charge in [0, 0.05) is 35.7 Å². The summed E-state index contributed by atoms with van der Waals surface area (Å²) < 4.78 is 0. The summed E-state index contributed by atoms with van der Waals surface area (Å²) >= 11 is 0. The zero-order chi connectivity index (χ0) is 20.2. The van der Waals surface area contributed by atoms with E-state index >= 15 is 0 Å². The monoisotopic (exact) mass is 383 g/mol. The van der Waals surface area contributed by atoms with Crippen LogP contribution in [0.1, 0.15) is 54.4 Å². The minimum absolute atomic E-state index is 0.659. The van der Waals surface area contributed by atoms with Crippen LogP contribution >= 0.6 is 0 Å². The number of anilines is 1. The maximum absolute atomic E-state index is 8.95. The van der Waals surface area contributed by atoms with Crippen LogP contribution in [0, 0.1) is 17.2 Å². The van der Waals surface area contributed by atoms with Crippen molar-refractivity contribution in [3.8, 4) is 6.07 Å². The summed E-state index contributed by atoms with van der Waals surface area (Å²) in [5.41, 5.74) is 7.34. The SMILES string of the molecule is C=C(Nc1ccc2c(c1)CCN(CC1CCCCC1)C2=C)c1ccc(C#N)cc1. The molecular formula is C26H29N3. The van der Waals surface area contributed by atoms with E-state index in [9.17, 15) is 0 Å². The summed E-state index contributed by atoms with van der Waals surface area (Å²) in [6.45, 7) is 10.8. The first-order chi connectivity index (χ1) is 14.1. The highest BCUT2D eigenvalue weighted by molar-refractivity contribution is 5.77. The number of nitriles is 1. The van der Waals surface area contributed by atoms with Crippen LogP contribution < -0.4 is 5.32 Å². The second-order valence-corrected chi connectivity index (χ2v) is 8.31. The Morgan fingerprint density at radius 3 is 2.59 bits per heavy atom. The van der Waals surface area contributed by atoms with E-state index in [4.69, 9.17) is 5.26 Å². The molecule has 0 radical (unpaired) electrons. The Bertz CT molecular complexity index is 943. The van der Waals surface area contributed by atoms with Crippen LogP contribution in [0.15, 0.2) is 55.6 Å². The molecule has 2 aliphatic rings. The molecule has 0 unspecified atom stereocenters. The summed E-state index contributed by atoms with van der Waals surface area (Å²) in [7, 11) is 0.